The molecule has 3 N–H and O–H groups in total. The number of likely N-dealkylation sites (tertiary alicyclic amines) is 1. The zero-order valence-electron chi connectivity index (χ0n) is 23.6. The third kappa shape index (κ3) is 6.41. The molecule has 3 rings (SSSR count). The van der Waals surface area contributed by atoms with Gasteiger partial charge in [0.25, 0.3) is 0 Å². The van der Waals surface area contributed by atoms with E-state index in [-0.39, 0.29) is 11.8 Å². The van der Waals surface area contributed by atoms with E-state index in [1.54, 1.807) is 0 Å². The molecule has 8 nitrogen and oxygen atoms in total. The fourth-order valence-corrected chi connectivity index (χ4v) is 5.54. The Morgan fingerprint density at radius 1 is 1.14 bits per heavy atom. The number of para-hydroxylation sites is 1. The normalized spacial score (nSPS) is 16.5. The maximum Gasteiger partial charge on any atom is 0.246 e. The van der Waals surface area contributed by atoms with Crippen LogP contribution in [0.1, 0.15) is 70.3 Å². The molecule has 204 valence electrons. The van der Waals surface area contributed by atoms with Gasteiger partial charge in [-0.05, 0) is 64.5 Å². The molecule has 1 aromatic heterocycles. The maximum atomic E-state index is 13.6. The minimum absolute atomic E-state index is 0.0579. The van der Waals surface area contributed by atoms with Gasteiger partial charge in [-0.25, -0.2) is 4.68 Å². The lowest BCUT2D eigenvalue weighted by Gasteiger charge is -2.48. The number of amides is 2. The number of hydrogen-bond donors (Lipinski definition) is 2. The van der Waals surface area contributed by atoms with Crippen LogP contribution in [0.2, 0.25) is 0 Å². The molecule has 1 aromatic carbocycles. The molecule has 1 atom stereocenters. The van der Waals surface area contributed by atoms with Crippen LogP contribution in [0.5, 0.6) is 0 Å². The second-order valence-corrected chi connectivity index (χ2v) is 10.8. The molecular formula is C29H46N6O2. The zero-order chi connectivity index (χ0) is 27.2. The summed E-state index contributed by atoms with van der Waals surface area (Å²) in [6, 6.07) is 9.58. The minimum atomic E-state index is -0.869. The number of hydrogen-bond acceptors (Lipinski definition) is 5. The predicted octanol–water partition coefficient (Wildman–Crippen LogP) is 3.57. The molecule has 2 aromatic rings. The molecule has 1 aliphatic heterocycles. The molecule has 1 aliphatic rings. The van der Waals surface area contributed by atoms with Gasteiger partial charge < -0.3 is 16.0 Å². The second-order valence-electron chi connectivity index (χ2n) is 10.8. The van der Waals surface area contributed by atoms with E-state index in [2.05, 4.69) is 50.0 Å². The lowest BCUT2D eigenvalue weighted by Crippen LogP contribution is -2.66. The Kier molecular flexibility index (Phi) is 9.90. The van der Waals surface area contributed by atoms with Crippen LogP contribution in [0, 0.1) is 19.8 Å². The quantitative estimate of drug-likeness (QED) is 0.482. The molecule has 8 heteroatoms. The van der Waals surface area contributed by atoms with E-state index >= 15 is 0 Å². The van der Waals surface area contributed by atoms with Gasteiger partial charge in [-0.3, -0.25) is 14.5 Å². The van der Waals surface area contributed by atoms with Gasteiger partial charge in [0, 0.05) is 44.0 Å². The predicted molar refractivity (Wildman–Crippen MR) is 148 cm³/mol. The summed E-state index contributed by atoms with van der Waals surface area (Å²) in [5, 5.41) is 7.83. The second kappa shape index (κ2) is 12.7. The van der Waals surface area contributed by atoms with Gasteiger partial charge in [0.05, 0.1) is 17.4 Å². The topological polar surface area (TPSA) is 96.5 Å². The molecule has 1 fully saturated rings. The number of aryl methyl sites for hydroxylation is 1. The molecule has 0 radical (unpaired) electrons. The monoisotopic (exact) mass is 510 g/mol. The lowest BCUT2D eigenvalue weighted by molar-refractivity contribution is -0.152. The van der Waals surface area contributed by atoms with Crippen molar-refractivity contribution in [1.29, 1.82) is 0 Å². The third-order valence-electron chi connectivity index (χ3n) is 7.54. The van der Waals surface area contributed by atoms with Crippen molar-refractivity contribution < 1.29 is 9.59 Å². The number of likely N-dealkylation sites (N-methyl/N-ethyl adjacent to an activating group) is 1. The molecule has 1 unspecified atom stereocenters. The van der Waals surface area contributed by atoms with E-state index in [0.717, 1.165) is 43.1 Å². The van der Waals surface area contributed by atoms with E-state index in [4.69, 9.17) is 10.8 Å². The van der Waals surface area contributed by atoms with Gasteiger partial charge >= 0.3 is 0 Å². The first kappa shape index (κ1) is 28.9. The fraction of sp³-hybridized carbons (Fsp3) is 0.621. The van der Waals surface area contributed by atoms with E-state index < -0.39 is 11.6 Å². The standard InChI is InChI=1S/C29H46N6O2/c1-7-16-34(27(36)26(30)19-21(3)4)29(28(37)31-8-2)14-17-33(18-15-29)20-25-22(5)32-35(23(25)6)24-12-10-9-11-13-24/h9-13,21,26H,7-8,14-20,30H2,1-6H3,(H,31,37). The Hall–Kier alpha value is -2.71. The first-order chi connectivity index (χ1) is 17.6. The van der Waals surface area contributed by atoms with Gasteiger partial charge in [-0.15, -0.1) is 0 Å². The van der Waals surface area contributed by atoms with Crippen LogP contribution in [0.15, 0.2) is 30.3 Å². The molecule has 2 amide bonds. The molecule has 0 saturated carbocycles. The molecule has 0 aliphatic carbocycles. The minimum Gasteiger partial charge on any atom is -0.354 e. The first-order valence-electron chi connectivity index (χ1n) is 13.8. The number of benzene rings is 1. The van der Waals surface area contributed by atoms with E-state index in [0.29, 0.717) is 38.3 Å². The molecule has 37 heavy (non-hydrogen) atoms. The number of piperidine rings is 1. The van der Waals surface area contributed by atoms with Gasteiger partial charge in [0.1, 0.15) is 5.54 Å². The van der Waals surface area contributed by atoms with Crippen molar-refractivity contribution in [1.82, 2.24) is 24.9 Å². The van der Waals surface area contributed by atoms with Crippen molar-refractivity contribution in [3.63, 3.8) is 0 Å². The van der Waals surface area contributed by atoms with Crippen LogP contribution in [-0.4, -0.2) is 69.2 Å². The number of rotatable bonds is 11. The summed E-state index contributed by atoms with van der Waals surface area (Å²) < 4.78 is 2.01. The number of nitrogens with two attached hydrogens (primary N) is 1. The summed E-state index contributed by atoms with van der Waals surface area (Å²) in [7, 11) is 0. The van der Waals surface area contributed by atoms with Crippen LogP contribution < -0.4 is 11.1 Å². The van der Waals surface area contributed by atoms with Crippen LogP contribution in [0.4, 0.5) is 0 Å². The molecule has 0 bridgehead atoms. The van der Waals surface area contributed by atoms with Crippen molar-refractivity contribution in [2.75, 3.05) is 26.2 Å². The van der Waals surface area contributed by atoms with Gasteiger partial charge in [0.15, 0.2) is 0 Å². The van der Waals surface area contributed by atoms with E-state index in [1.807, 2.05) is 41.6 Å². The van der Waals surface area contributed by atoms with Crippen molar-refractivity contribution in [2.45, 2.75) is 85.4 Å². The fourth-order valence-electron chi connectivity index (χ4n) is 5.54. The average Bonchev–Trinajstić information content (AvgIpc) is 3.16. The van der Waals surface area contributed by atoms with E-state index in [1.165, 1.54) is 5.56 Å². The Morgan fingerprint density at radius 2 is 1.78 bits per heavy atom. The molecule has 2 heterocycles. The third-order valence-corrected chi connectivity index (χ3v) is 7.54. The van der Waals surface area contributed by atoms with Gasteiger partial charge in [-0.1, -0.05) is 39.0 Å². The molecule has 0 spiro atoms. The van der Waals surface area contributed by atoms with Crippen molar-refractivity contribution >= 4 is 11.8 Å². The van der Waals surface area contributed by atoms with Crippen LogP contribution >= 0.6 is 0 Å². The summed E-state index contributed by atoms with van der Waals surface area (Å²) in [5.41, 5.74) is 9.91. The first-order valence-corrected chi connectivity index (χ1v) is 13.8. The Bertz CT molecular complexity index is 1040. The summed E-state index contributed by atoms with van der Waals surface area (Å²) >= 11 is 0. The maximum absolute atomic E-state index is 13.6. The van der Waals surface area contributed by atoms with Crippen LogP contribution in [-0.2, 0) is 16.1 Å². The number of carbonyl (C=O) groups is 2. The van der Waals surface area contributed by atoms with Crippen molar-refractivity contribution in [2.24, 2.45) is 11.7 Å². The van der Waals surface area contributed by atoms with Crippen molar-refractivity contribution in [3.8, 4) is 5.69 Å². The number of nitrogens with zero attached hydrogens (tertiary/aromatic N) is 4. The van der Waals surface area contributed by atoms with Gasteiger partial charge in [-0.2, -0.15) is 5.10 Å². The zero-order valence-corrected chi connectivity index (χ0v) is 23.6. The Balaban J connectivity index is 1.82. The highest BCUT2D eigenvalue weighted by atomic mass is 16.2. The van der Waals surface area contributed by atoms with E-state index in [9.17, 15) is 9.59 Å². The highest BCUT2D eigenvalue weighted by molar-refractivity contribution is 5.93. The highest BCUT2D eigenvalue weighted by Gasteiger charge is 2.48. The number of nitrogens with one attached hydrogen (secondary N) is 1. The molecule has 1 saturated heterocycles. The van der Waals surface area contributed by atoms with Crippen LogP contribution in [0.25, 0.3) is 5.69 Å². The SMILES string of the molecule is CCCN(C(=O)C(N)CC(C)C)C1(C(=O)NCC)CCN(Cc2c(C)nn(-c3ccccc3)c2C)CC1. The largest absolute Gasteiger partial charge is 0.354 e. The number of carbonyl (C=O) groups excluding carboxylic acids is 2. The Labute approximate surface area is 222 Å². The summed E-state index contributed by atoms with van der Waals surface area (Å²) in [6.45, 7) is 15.6. The van der Waals surface area contributed by atoms with Gasteiger partial charge in [0.2, 0.25) is 11.8 Å². The summed E-state index contributed by atoms with van der Waals surface area (Å²) in [6.07, 6.45) is 2.57. The summed E-state index contributed by atoms with van der Waals surface area (Å²) in [4.78, 5) is 31.3. The lowest BCUT2D eigenvalue weighted by atomic mass is 9.83. The molecular weight excluding hydrogens is 464 g/mol. The Morgan fingerprint density at radius 3 is 2.35 bits per heavy atom. The summed E-state index contributed by atoms with van der Waals surface area (Å²) in [5.74, 6) is 0.150. The van der Waals surface area contributed by atoms with Crippen molar-refractivity contribution in [3.05, 3.63) is 47.3 Å². The smallest absolute Gasteiger partial charge is 0.246 e. The highest BCUT2D eigenvalue weighted by Crippen LogP contribution is 2.32. The average molecular weight is 511 g/mol. The van der Waals surface area contributed by atoms with Crippen LogP contribution in [0.3, 0.4) is 0 Å². The number of aromatic nitrogens is 2.